The maximum Gasteiger partial charge on any atom is 0.237 e. The molecule has 3 rings (SSSR count). The number of rotatable bonds is 6. The lowest BCUT2D eigenvalue weighted by Gasteiger charge is -2.20. The van der Waals surface area contributed by atoms with Gasteiger partial charge in [-0.3, -0.25) is 4.79 Å². The van der Waals surface area contributed by atoms with Crippen LogP contribution in [0.5, 0.6) is 0 Å². The van der Waals surface area contributed by atoms with Gasteiger partial charge in [0.2, 0.25) is 5.91 Å². The topological polar surface area (TPSA) is 87.4 Å². The quantitative estimate of drug-likeness (QED) is 0.634. The summed E-state index contributed by atoms with van der Waals surface area (Å²) in [5.74, 6) is -0.0899. The summed E-state index contributed by atoms with van der Waals surface area (Å²) in [5, 5.41) is 15.5. The van der Waals surface area contributed by atoms with Gasteiger partial charge in [-0.1, -0.05) is 54.6 Å². The van der Waals surface area contributed by atoms with Gasteiger partial charge in [-0.15, -0.1) is 0 Å². The molecule has 0 unspecified atom stereocenters. The van der Waals surface area contributed by atoms with E-state index < -0.39 is 6.10 Å². The Morgan fingerprint density at radius 2 is 1.84 bits per heavy atom. The van der Waals surface area contributed by atoms with E-state index in [9.17, 15) is 9.90 Å². The van der Waals surface area contributed by atoms with Crippen LogP contribution in [0.3, 0.4) is 0 Å². The minimum absolute atomic E-state index is 0.0899. The Labute approximate surface area is 148 Å². The van der Waals surface area contributed by atoms with Gasteiger partial charge in [0.05, 0.1) is 12.1 Å². The van der Waals surface area contributed by atoms with Crippen molar-refractivity contribution in [3.05, 3.63) is 60.2 Å². The highest BCUT2D eigenvalue weighted by Crippen LogP contribution is 2.19. The lowest BCUT2D eigenvalue weighted by molar-refractivity contribution is -0.123. The van der Waals surface area contributed by atoms with E-state index in [1.807, 2.05) is 18.2 Å². The monoisotopic (exact) mass is 339 g/mol. The van der Waals surface area contributed by atoms with Crippen molar-refractivity contribution in [2.75, 3.05) is 13.1 Å². The van der Waals surface area contributed by atoms with E-state index in [0.717, 1.165) is 5.56 Å². The molecule has 1 aliphatic rings. The Hall–Kier alpha value is -2.21. The standard InChI is InChI=1S/C20H25N3O2/c21-12-17(23-20(25)19-11-18(24)13-22-19)10-14-6-8-16(9-7-14)15-4-2-1-3-5-15/h1-9,17-19,22,24H,10-13,21H2,(H,23,25)/t17-,18+,19-/m0/s1. The van der Waals surface area contributed by atoms with Gasteiger partial charge in [-0.2, -0.15) is 0 Å². The molecule has 1 fully saturated rings. The second-order valence-corrected chi connectivity index (χ2v) is 6.56. The minimum Gasteiger partial charge on any atom is -0.392 e. The summed E-state index contributed by atoms with van der Waals surface area (Å²) in [6.45, 7) is 0.841. The molecule has 1 aliphatic heterocycles. The number of benzene rings is 2. The number of hydrogen-bond donors (Lipinski definition) is 4. The van der Waals surface area contributed by atoms with Gasteiger partial charge >= 0.3 is 0 Å². The number of hydrogen-bond acceptors (Lipinski definition) is 4. The van der Waals surface area contributed by atoms with E-state index in [1.54, 1.807) is 0 Å². The summed E-state index contributed by atoms with van der Waals surface area (Å²) in [4.78, 5) is 12.2. The van der Waals surface area contributed by atoms with Crippen molar-refractivity contribution in [2.45, 2.75) is 31.0 Å². The van der Waals surface area contributed by atoms with Crippen LogP contribution in [0.4, 0.5) is 0 Å². The van der Waals surface area contributed by atoms with Gasteiger partial charge in [0.15, 0.2) is 0 Å². The molecular formula is C20H25N3O2. The first-order valence-corrected chi connectivity index (χ1v) is 8.72. The molecule has 132 valence electrons. The van der Waals surface area contributed by atoms with Gasteiger partial charge in [0.1, 0.15) is 0 Å². The molecule has 0 aromatic heterocycles. The van der Waals surface area contributed by atoms with Crippen LogP contribution in [0.2, 0.25) is 0 Å². The largest absolute Gasteiger partial charge is 0.392 e. The van der Waals surface area contributed by atoms with E-state index in [1.165, 1.54) is 11.1 Å². The van der Waals surface area contributed by atoms with Crippen molar-refractivity contribution in [3.8, 4) is 11.1 Å². The number of amides is 1. The molecule has 1 amide bonds. The molecule has 5 heteroatoms. The maximum absolute atomic E-state index is 12.2. The fourth-order valence-electron chi connectivity index (χ4n) is 3.16. The molecule has 5 nitrogen and oxygen atoms in total. The van der Waals surface area contributed by atoms with E-state index >= 15 is 0 Å². The van der Waals surface area contributed by atoms with Crippen LogP contribution < -0.4 is 16.4 Å². The van der Waals surface area contributed by atoms with Crippen molar-refractivity contribution in [2.24, 2.45) is 5.73 Å². The summed E-state index contributed by atoms with van der Waals surface area (Å²) >= 11 is 0. The number of carbonyl (C=O) groups excluding carboxylic acids is 1. The fraction of sp³-hybridized carbons (Fsp3) is 0.350. The fourth-order valence-corrected chi connectivity index (χ4v) is 3.16. The van der Waals surface area contributed by atoms with E-state index in [-0.39, 0.29) is 18.0 Å². The van der Waals surface area contributed by atoms with E-state index in [2.05, 4.69) is 47.0 Å². The SMILES string of the molecule is NC[C@H](Cc1ccc(-c2ccccc2)cc1)NC(=O)[C@@H]1C[C@@H](O)CN1. The normalized spacial score (nSPS) is 21.0. The molecule has 1 saturated heterocycles. The first-order valence-electron chi connectivity index (χ1n) is 8.72. The van der Waals surface area contributed by atoms with Gasteiger partial charge < -0.3 is 21.5 Å². The van der Waals surface area contributed by atoms with Crippen LogP contribution in [-0.2, 0) is 11.2 Å². The highest BCUT2D eigenvalue weighted by molar-refractivity contribution is 5.82. The lowest BCUT2D eigenvalue weighted by Crippen LogP contribution is -2.48. The van der Waals surface area contributed by atoms with E-state index in [0.29, 0.717) is 25.9 Å². The van der Waals surface area contributed by atoms with Gasteiger partial charge in [0, 0.05) is 19.1 Å². The van der Waals surface area contributed by atoms with Crippen LogP contribution >= 0.6 is 0 Å². The molecule has 5 N–H and O–H groups in total. The third-order valence-corrected chi connectivity index (χ3v) is 4.60. The molecule has 0 saturated carbocycles. The third kappa shape index (κ3) is 4.66. The second-order valence-electron chi connectivity index (χ2n) is 6.56. The average molecular weight is 339 g/mol. The van der Waals surface area contributed by atoms with Crippen molar-refractivity contribution in [1.82, 2.24) is 10.6 Å². The van der Waals surface area contributed by atoms with Crippen molar-refractivity contribution in [1.29, 1.82) is 0 Å². The van der Waals surface area contributed by atoms with Crippen LogP contribution in [0.15, 0.2) is 54.6 Å². The summed E-state index contributed by atoms with van der Waals surface area (Å²) in [6, 6.07) is 18.1. The van der Waals surface area contributed by atoms with Gasteiger partial charge in [-0.05, 0) is 29.5 Å². The number of nitrogens with two attached hydrogens (primary N) is 1. The molecule has 0 radical (unpaired) electrons. The highest BCUT2D eigenvalue weighted by atomic mass is 16.3. The molecule has 0 aliphatic carbocycles. The molecule has 3 atom stereocenters. The summed E-state index contributed by atoms with van der Waals surface area (Å²) in [6.07, 6.45) is 0.694. The molecular weight excluding hydrogens is 314 g/mol. The smallest absolute Gasteiger partial charge is 0.237 e. The Balaban J connectivity index is 1.59. The number of carbonyl (C=O) groups is 1. The van der Waals surface area contributed by atoms with Crippen molar-refractivity contribution < 1.29 is 9.90 Å². The molecule has 2 aromatic carbocycles. The molecule has 0 bridgehead atoms. The maximum atomic E-state index is 12.2. The predicted molar refractivity (Wildman–Crippen MR) is 99.0 cm³/mol. The first-order chi connectivity index (χ1) is 12.2. The Morgan fingerprint density at radius 3 is 2.44 bits per heavy atom. The highest BCUT2D eigenvalue weighted by Gasteiger charge is 2.29. The zero-order chi connectivity index (χ0) is 17.6. The molecule has 0 spiro atoms. The predicted octanol–water partition coefficient (Wildman–Crippen LogP) is 1.06. The molecule has 2 aromatic rings. The zero-order valence-corrected chi connectivity index (χ0v) is 14.2. The zero-order valence-electron chi connectivity index (χ0n) is 14.2. The van der Waals surface area contributed by atoms with E-state index in [4.69, 9.17) is 5.73 Å². The minimum atomic E-state index is -0.447. The molecule has 1 heterocycles. The Morgan fingerprint density at radius 1 is 1.16 bits per heavy atom. The Kier molecular flexibility index (Phi) is 5.81. The molecule has 25 heavy (non-hydrogen) atoms. The van der Waals surface area contributed by atoms with Crippen molar-refractivity contribution >= 4 is 5.91 Å². The Bertz CT molecular complexity index is 688. The van der Waals surface area contributed by atoms with Crippen LogP contribution in [0.1, 0.15) is 12.0 Å². The second kappa shape index (κ2) is 8.25. The average Bonchev–Trinajstić information content (AvgIpc) is 3.09. The van der Waals surface area contributed by atoms with Crippen LogP contribution in [0, 0.1) is 0 Å². The van der Waals surface area contributed by atoms with Crippen molar-refractivity contribution in [3.63, 3.8) is 0 Å². The number of aliphatic hydroxyl groups excluding tert-OH is 1. The van der Waals surface area contributed by atoms with Crippen LogP contribution in [-0.4, -0.2) is 42.3 Å². The first kappa shape index (κ1) is 17.6. The van der Waals surface area contributed by atoms with Gasteiger partial charge in [-0.25, -0.2) is 0 Å². The summed E-state index contributed by atoms with van der Waals surface area (Å²) < 4.78 is 0. The van der Waals surface area contributed by atoms with Crippen LogP contribution in [0.25, 0.3) is 11.1 Å². The van der Waals surface area contributed by atoms with Gasteiger partial charge in [0.25, 0.3) is 0 Å². The number of aliphatic hydroxyl groups is 1. The third-order valence-electron chi connectivity index (χ3n) is 4.60. The number of nitrogens with one attached hydrogen (secondary N) is 2. The summed E-state index contributed by atoms with van der Waals surface area (Å²) in [7, 11) is 0. The number of β-amino-alcohol motifs (C(OH)–C–C–N with tert-alkyl or cyclic N) is 1. The summed E-state index contributed by atoms with van der Waals surface area (Å²) in [5.41, 5.74) is 9.32. The lowest BCUT2D eigenvalue weighted by atomic mass is 10.0.